The van der Waals surface area contributed by atoms with Crippen LogP contribution in [0.1, 0.15) is 55.2 Å². The Bertz CT molecular complexity index is 1610. The second-order valence-electron chi connectivity index (χ2n) is 12.8. The van der Waals surface area contributed by atoms with E-state index in [1.165, 1.54) is 21.3 Å². The molecule has 57 heavy (non-hydrogen) atoms. The smallest absolute Gasteiger partial charge is 0.337 e. The molecule has 12 nitrogen and oxygen atoms in total. The minimum atomic E-state index is -0.468. The molecule has 0 saturated heterocycles. The molecule has 12 heteroatoms. The molecule has 3 aromatic carbocycles. The van der Waals surface area contributed by atoms with E-state index >= 15 is 0 Å². The zero-order valence-electron chi connectivity index (χ0n) is 33.4. The molecule has 0 amide bonds. The molecule has 0 aromatic heterocycles. The molecular formula is C45H56O12. The number of hydrogen-bond donors (Lipinski definition) is 0. The summed E-state index contributed by atoms with van der Waals surface area (Å²) in [6.07, 6.45) is 4.57. The summed E-state index contributed by atoms with van der Waals surface area (Å²) in [6.45, 7) is 15.3. The van der Waals surface area contributed by atoms with Crippen molar-refractivity contribution in [1.29, 1.82) is 0 Å². The SMILES string of the molecule is C=C(C(=O)OC)c1ccc(OCCCCOCC(COCCCCOc2ccc(C(=C)C(=O)OC)cc2)OCCCCOc2ccc(C(=C)C(=O)OC)cc2)cc1. The van der Waals surface area contributed by atoms with Gasteiger partial charge in [-0.3, -0.25) is 0 Å². The zero-order valence-corrected chi connectivity index (χ0v) is 33.4. The molecule has 308 valence electrons. The molecule has 0 spiro atoms. The maximum absolute atomic E-state index is 11.7. The third kappa shape index (κ3) is 17.1. The third-order valence-corrected chi connectivity index (χ3v) is 8.58. The van der Waals surface area contributed by atoms with Gasteiger partial charge in [0.1, 0.15) is 23.4 Å². The molecule has 0 radical (unpaired) electrons. The standard InChI is InChI=1S/C45H56O12/c1-33(43(46)49-4)36-13-19-39(20-14-36)54-27-9-7-25-52-31-42(57-30-12-11-29-56-41-23-17-38(18-24-41)35(3)45(48)51-6)32-53-26-8-10-28-55-40-21-15-37(16-22-40)34(2)44(47)50-5/h13-24,42H,1-3,7-12,25-32H2,4-6H3. The van der Waals surface area contributed by atoms with Crippen molar-refractivity contribution in [3.8, 4) is 17.2 Å². The van der Waals surface area contributed by atoms with Crippen molar-refractivity contribution in [3.63, 3.8) is 0 Å². The topological polar surface area (TPSA) is 134 Å². The number of rotatable bonds is 29. The highest BCUT2D eigenvalue weighted by Gasteiger charge is 2.13. The van der Waals surface area contributed by atoms with Gasteiger partial charge in [0.05, 0.1) is 71.1 Å². The van der Waals surface area contributed by atoms with Crippen molar-refractivity contribution in [2.24, 2.45) is 0 Å². The largest absolute Gasteiger partial charge is 0.494 e. The van der Waals surface area contributed by atoms with E-state index < -0.39 is 17.9 Å². The van der Waals surface area contributed by atoms with Crippen LogP contribution in [0.2, 0.25) is 0 Å². The fourth-order valence-electron chi connectivity index (χ4n) is 5.19. The van der Waals surface area contributed by atoms with E-state index in [1.54, 1.807) is 72.8 Å². The number of carbonyl (C=O) groups is 3. The van der Waals surface area contributed by atoms with Gasteiger partial charge in [-0.25, -0.2) is 14.4 Å². The fourth-order valence-corrected chi connectivity index (χ4v) is 5.19. The van der Waals surface area contributed by atoms with Gasteiger partial charge in [-0.05, 0) is 91.6 Å². The van der Waals surface area contributed by atoms with Crippen LogP contribution in [-0.2, 0) is 42.8 Å². The van der Waals surface area contributed by atoms with Crippen LogP contribution in [0.3, 0.4) is 0 Å². The lowest BCUT2D eigenvalue weighted by atomic mass is 10.1. The first kappa shape index (κ1) is 46.0. The summed E-state index contributed by atoms with van der Waals surface area (Å²) in [5.41, 5.74) is 2.93. The third-order valence-electron chi connectivity index (χ3n) is 8.58. The number of esters is 3. The van der Waals surface area contributed by atoms with Gasteiger partial charge in [-0.2, -0.15) is 0 Å². The van der Waals surface area contributed by atoms with Gasteiger partial charge in [0.25, 0.3) is 0 Å². The quantitative estimate of drug-likeness (QED) is 0.0298. The lowest BCUT2D eigenvalue weighted by Gasteiger charge is -2.19. The van der Waals surface area contributed by atoms with Gasteiger partial charge in [0.15, 0.2) is 0 Å². The molecule has 0 aliphatic carbocycles. The second-order valence-corrected chi connectivity index (χ2v) is 12.8. The van der Waals surface area contributed by atoms with Crippen LogP contribution in [0.25, 0.3) is 16.7 Å². The zero-order chi connectivity index (χ0) is 41.3. The van der Waals surface area contributed by atoms with Gasteiger partial charge in [-0.1, -0.05) is 56.1 Å². The Kier molecular flexibility index (Phi) is 21.3. The average Bonchev–Trinajstić information content (AvgIpc) is 3.25. The first-order chi connectivity index (χ1) is 27.7. The average molecular weight is 789 g/mol. The van der Waals surface area contributed by atoms with Crippen molar-refractivity contribution >= 4 is 34.6 Å². The lowest BCUT2D eigenvalue weighted by molar-refractivity contribution is -0.134. The van der Waals surface area contributed by atoms with Gasteiger partial charge in [0.2, 0.25) is 0 Å². The summed E-state index contributed by atoms with van der Waals surface area (Å²) in [4.78, 5) is 35.1. The van der Waals surface area contributed by atoms with Crippen LogP contribution in [0.15, 0.2) is 92.5 Å². The van der Waals surface area contributed by atoms with E-state index in [9.17, 15) is 14.4 Å². The second kappa shape index (κ2) is 26.4. The summed E-state index contributed by atoms with van der Waals surface area (Å²) in [5, 5.41) is 0. The highest BCUT2D eigenvalue weighted by atomic mass is 16.6. The Labute approximate surface area is 336 Å². The maximum Gasteiger partial charge on any atom is 0.337 e. The number of carbonyl (C=O) groups excluding carboxylic acids is 3. The van der Waals surface area contributed by atoms with Crippen LogP contribution in [0, 0.1) is 0 Å². The van der Waals surface area contributed by atoms with Crippen molar-refractivity contribution in [1.82, 2.24) is 0 Å². The molecule has 0 unspecified atom stereocenters. The molecule has 0 bridgehead atoms. The van der Waals surface area contributed by atoms with E-state index in [0.29, 0.717) is 104 Å². The summed E-state index contributed by atoms with van der Waals surface area (Å²) in [6, 6.07) is 21.5. The normalized spacial score (nSPS) is 10.7. The lowest BCUT2D eigenvalue weighted by Crippen LogP contribution is -2.27. The minimum absolute atomic E-state index is 0.231. The summed E-state index contributed by atoms with van der Waals surface area (Å²) < 4.78 is 49.8. The fraction of sp³-hybridized carbons (Fsp3) is 0.400. The van der Waals surface area contributed by atoms with Crippen molar-refractivity contribution in [3.05, 3.63) is 109 Å². The van der Waals surface area contributed by atoms with E-state index in [0.717, 1.165) is 38.5 Å². The van der Waals surface area contributed by atoms with E-state index in [2.05, 4.69) is 19.7 Å². The highest BCUT2D eigenvalue weighted by Crippen LogP contribution is 2.21. The van der Waals surface area contributed by atoms with Gasteiger partial charge in [0, 0.05) is 19.8 Å². The van der Waals surface area contributed by atoms with E-state index in [-0.39, 0.29) is 6.10 Å². The molecule has 0 aliphatic rings. The van der Waals surface area contributed by atoms with Crippen LogP contribution < -0.4 is 14.2 Å². The van der Waals surface area contributed by atoms with Gasteiger partial charge >= 0.3 is 17.9 Å². The Hall–Kier alpha value is -5.43. The monoisotopic (exact) mass is 788 g/mol. The summed E-state index contributed by atoms with van der Waals surface area (Å²) in [7, 11) is 3.98. The Balaban J connectivity index is 1.35. The predicted molar refractivity (Wildman–Crippen MR) is 218 cm³/mol. The number of ether oxygens (including phenoxy) is 9. The molecule has 0 fully saturated rings. The summed E-state index contributed by atoms with van der Waals surface area (Å²) >= 11 is 0. The first-order valence-electron chi connectivity index (χ1n) is 18.9. The Morgan fingerprint density at radius 1 is 0.439 bits per heavy atom. The predicted octanol–water partition coefficient (Wildman–Crippen LogP) is 7.54. The highest BCUT2D eigenvalue weighted by molar-refractivity contribution is 6.16. The van der Waals surface area contributed by atoms with E-state index in [1.807, 2.05) is 0 Å². The van der Waals surface area contributed by atoms with Crippen LogP contribution >= 0.6 is 0 Å². The van der Waals surface area contributed by atoms with E-state index in [4.69, 9.17) is 42.6 Å². The number of benzene rings is 3. The first-order valence-corrected chi connectivity index (χ1v) is 18.9. The Morgan fingerprint density at radius 3 is 1.02 bits per heavy atom. The summed E-state index contributed by atoms with van der Waals surface area (Å²) in [5.74, 6) is 0.713. The molecule has 3 aromatic rings. The number of unbranched alkanes of at least 4 members (excludes halogenated alkanes) is 3. The molecule has 0 aliphatic heterocycles. The number of methoxy groups -OCH3 is 3. The van der Waals surface area contributed by atoms with Gasteiger partial charge in [-0.15, -0.1) is 0 Å². The van der Waals surface area contributed by atoms with Crippen LogP contribution in [-0.4, -0.2) is 98.2 Å². The Morgan fingerprint density at radius 2 is 0.719 bits per heavy atom. The minimum Gasteiger partial charge on any atom is -0.494 e. The molecule has 0 saturated carbocycles. The van der Waals surface area contributed by atoms with Gasteiger partial charge < -0.3 is 42.6 Å². The van der Waals surface area contributed by atoms with Crippen LogP contribution in [0.4, 0.5) is 0 Å². The van der Waals surface area contributed by atoms with Crippen molar-refractivity contribution in [2.75, 3.05) is 74.2 Å². The maximum atomic E-state index is 11.7. The van der Waals surface area contributed by atoms with Crippen LogP contribution in [0.5, 0.6) is 17.2 Å². The van der Waals surface area contributed by atoms with Crippen molar-refractivity contribution < 1.29 is 57.0 Å². The molecule has 0 atom stereocenters. The van der Waals surface area contributed by atoms with Crippen molar-refractivity contribution in [2.45, 2.75) is 44.6 Å². The molecule has 0 N–H and O–H groups in total. The number of hydrogen-bond acceptors (Lipinski definition) is 12. The molecule has 0 heterocycles. The molecular weight excluding hydrogens is 732 g/mol. The molecule has 3 rings (SSSR count).